The van der Waals surface area contributed by atoms with Crippen molar-refractivity contribution in [1.82, 2.24) is 0 Å². The molecule has 0 fully saturated rings. The summed E-state index contributed by atoms with van der Waals surface area (Å²) in [5.41, 5.74) is 2.65. The molecule has 0 atom stereocenters. The Bertz CT molecular complexity index is 1130. The van der Waals surface area contributed by atoms with Gasteiger partial charge in [0.1, 0.15) is 0 Å². The average Bonchev–Trinajstić information content (AvgIpc) is 2.66. The van der Waals surface area contributed by atoms with Gasteiger partial charge < -0.3 is 5.32 Å². The molecule has 0 radical (unpaired) electrons. The van der Waals surface area contributed by atoms with Gasteiger partial charge in [0.25, 0.3) is 15.9 Å². The number of carbonyl (C=O) groups excluding carboxylic acids is 1. The molecule has 0 bridgehead atoms. The molecule has 0 heterocycles. The molecule has 1 amide bonds. The maximum Gasteiger partial charge on any atom is 0.261 e. The Kier molecular flexibility index (Phi) is 5.72. The first-order chi connectivity index (χ1) is 13.3. The average molecular weight is 415 g/mol. The summed E-state index contributed by atoms with van der Waals surface area (Å²) >= 11 is 6.10. The first-order valence-electron chi connectivity index (χ1n) is 8.53. The largest absolute Gasteiger partial charge is 0.322 e. The minimum Gasteiger partial charge on any atom is -0.322 e. The Morgan fingerprint density at radius 3 is 2.21 bits per heavy atom. The molecule has 0 saturated heterocycles. The summed E-state index contributed by atoms with van der Waals surface area (Å²) < 4.78 is 27.9. The Labute approximate surface area is 169 Å². The lowest BCUT2D eigenvalue weighted by atomic mass is 10.1. The number of benzene rings is 3. The van der Waals surface area contributed by atoms with Crippen LogP contribution in [-0.2, 0) is 10.0 Å². The fraction of sp³-hybridized carbons (Fsp3) is 0.0952. The van der Waals surface area contributed by atoms with Gasteiger partial charge in [0.15, 0.2) is 0 Å². The van der Waals surface area contributed by atoms with Crippen molar-refractivity contribution in [1.29, 1.82) is 0 Å². The van der Waals surface area contributed by atoms with E-state index >= 15 is 0 Å². The summed E-state index contributed by atoms with van der Waals surface area (Å²) in [5, 5.41) is 3.32. The molecule has 3 aromatic rings. The van der Waals surface area contributed by atoms with Gasteiger partial charge in [0.2, 0.25) is 0 Å². The second-order valence-electron chi connectivity index (χ2n) is 6.33. The molecule has 28 heavy (non-hydrogen) atoms. The summed E-state index contributed by atoms with van der Waals surface area (Å²) in [5.74, 6) is -0.437. The summed E-state index contributed by atoms with van der Waals surface area (Å²) in [6, 6.07) is 18.1. The molecule has 0 unspecified atom stereocenters. The van der Waals surface area contributed by atoms with E-state index in [4.69, 9.17) is 11.6 Å². The predicted molar refractivity (Wildman–Crippen MR) is 113 cm³/mol. The number of aryl methyl sites for hydroxylation is 1. The highest BCUT2D eigenvalue weighted by Crippen LogP contribution is 2.25. The van der Waals surface area contributed by atoms with Crippen molar-refractivity contribution < 1.29 is 13.2 Å². The second kappa shape index (κ2) is 8.04. The van der Waals surface area contributed by atoms with E-state index in [2.05, 4.69) is 10.0 Å². The number of carbonyl (C=O) groups is 1. The zero-order valence-electron chi connectivity index (χ0n) is 15.4. The first-order valence-corrected chi connectivity index (χ1v) is 10.4. The molecule has 0 aliphatic rings. The van der Waals surface area contributed by atoms with Gasteiger partial charge in [-0.25, -0.2) is 8.42 Å². The number of sulfonamides is 1. The molecule has 0 aromatic heterocycles. The number of hydrogen-bond donors (Lipinski definition) is 2. The lowest BCUT2D eigenvalue weighted by molar-refractivity contribution is 0.102. The molecule has 0 saturated carbocycles. The van der Waals surface area contributed by atoms with Crippen LogP contribution in [0.15, 0.2) is 71.6 Å². The van der Waals surface area contributed by atoms with Crippen LogP contribution in [0.2, 0.25) is 5.02 Å². The molecule has 0 aliphatic carbocycles. The van der Waals surface area contributed by atoms with E-state index in [0.29, 0.717) is 10.7 Å². The number of amides is 1. The standard InChI is InChI=1S/C21H19ClN2O3S/c1-14-10-12-16(13-11-14)28(26,27)24-20-8-4-3-6-17(20)21(25)23-19-9-5-7-18(22)15(19)2/h3-13,24H,1-2H3,(H,23,25). The summed E-state index contributed by atoms with van der Waals surface area (Å²) in [4.78, 5) is 12.9. The van der Waals surface area contributed by atoms with Crippen LogP contribution in [0.1, 0.15) is 21.5 Å². The van der Waals surface area contributed by atoms with Gasteiger partial charge >= 0.3 is 0 Å². The quantitative estimate of drug-likeness (QED) is 0.616. The molecule has 7 heteroatoms. The number of nitrogens with one attached hydrogen (secondary N) is 2. The normalized spacial score (nSPS) is 11.1. The zero-order valence-corrected chi connectivity index (χ0v) is 16.9. The SMILES string of the molecule is Cc1ccc(S(=O)(=O)Nc2ccccc2C(=O)Nc2cccc(Cl)c2C)cc1. The van der Waals surface area contributed by atoms with Crippen LogP contribution in [0.5, 0.6) is 0 Å². The lowest BCUT2D eigenvalue weighted by Crippen LogP contribution is -2.19. The van der Waals surface area contributed by atoms with Crippen LogP contribution in [0.3, 0.4) is 0 Å². The van der Waals surface area contributed by atoms with E-state index in [-0.39, 0.29) is 16.1 Å². The van der Waals surface area contributed by atoms with Crippen LogP contribution in [0.4, 0.5) is 11.4 Å². The fourth-order valence-corrected chi connectivity index (χ4v) is 3.88. The Morgan fingerprint density at radius 2 is 1.50 bits per heavy atom. The lowest BCUT2D eigenvalue weighted by Gasteiger charge is -2.14. The third-order valence-corrected chi connectivity index (χ3v) is 6.05. The van der Waals surface area contributed by atoms with Crippen molar-refractivity contribution in [2.75, 3.05) is 10.0 Å². The van der Waals surface area contributed by atoms with E-state index < -0.39 is 15.9 Å². The van der Waals surface area contributed by atoms with Gasteiger partial charge in [0.05, 0.1) is 16.1 Å². The molecule has 0 spiro atoms. The van der Waals surface area contributed by atoms with Crippen molar-refractivity contribution in [3.05, 3.63) is 88.4 Å². The molecule has 144 valence electrons. The summed E-state index contributed by atoms with van der Waals surface area (Å²) in [6.45, 7) is 3.67. The van der Waals surface area contributed by atoms with E-state index in [1.807, 2.05) is 6.92 Å². The fourth-order valence-electron chi connectivity index (χ4n) is 2.62. The molecular formula is C21H19ClN2O3S. The topological polar surface area (TPSA) is 75.3 Å². The molecule has 0 aliphatic heterocycles. The minimum atomic E-state index is -3.82. The van der Waals surface area contributed by atoms with Crippen molar-refractivity contribution >= 4 is 38.9 Å². The molecular weight excluding hydrogens is 396 g/mol. The van der Waals surface area contributed by atoms with Gasteiger partial charge in [-0.3, -0.25) is 9.52 Å². The number of hydrogen-bond acceptors (Lipinski definition) is 3. The van der Waals surface area contributed by atoms with Gasteiger partial charge in [-0.1, -0.05) is 47.5 Å². The van der Waals surface area contributed by atoms with E-state index in [1.54, 1.807) is 61.5 Å². The smallest absolute Gasteiger partial charge is 0.261 e. The van der Waals surface area contributed by atoms with Gasteiger partial charge in [-0.2, -0.15) is 0 Å². The highest BCUT2D eigenvalue weighted by Gasteiger charge is 2.19. The van der Waals surface area contributed by atoms with Crippen LogP contribution in [0.25, 0.3) is 0 Å². The van der Waals surface area contributed by atoms with Crippen molar-refractivity contribution in [3.63, 3.8) is 0 Å². The maximum absolute atomic E-state index is 12.8. The van der Waals surface area contributed by atoms with E-state index in [0.717, 1.165) is 11.1 Å². The molecule has 5 nitrogen and oxygen atoms in total. The number of halogens is 1. The third kappa shape index (κ3) is 4.35. The number of para-hydroxylation sites is 1. The molecule has 2 N–H and O–H groups in total. The number of rotatable bonds is 5. The molecule has 3 aromatic carbocycles. The van der Waals surface area contributed by atoms with Crippen molar-refractivity contribution in [2.45, 2.75) is 18.7 Å². The van der Waals surface area contributed by atoms with E-state index in [9.17, 15) is 13.2 Å². The maximum atomic E-state index is 12.8. The van der Waals surface area contributed by atoms with Crippen LogP contribution >= 0.6 is 11.6 Å². The van der Waals surface area contributed by atoms with Gasteiger partial charge in [0, 0.05) is 10.7 Å². The summed E-state index contributed by atoms with van der Waals surface area (Å²) in [7, 11) is -3.82. The Morgan fingerprint density at radius 1 is 0.857 bits per heavy atom. The van der Waals surface area contributed by atoms with Crippen LogP contribution < -0.4 is 10.0 Å². The molecule has 3 rings (SSSR count). The van der Waals surface area contributed by atoms with Crippen molar-refractivity contribution in [3.8, 4) is 0 Å². The Hall–Kier alpha value is -2.83. The highest BCUT2D eigenvalue weighted by atomic mass is 35.5. The van der Waals surface area contributed by atoms with Crippen molar-refractivity contribution in [2.24, 2.45) is 0 Å². The second-order valence-corrected chi connectivity index (χ2v) is 8.42. The minimum absolute atomic E-state index is 0.124. The van der Waals surface area contributed by atoms with Gasteiger partial charge in [-0.15, -0.1) is 0 Å². The first kappa shape index (κ1) is 19.9. The third-order valence-electron chi connectivity index (χ3n) is 4.26. The van der Waals surface area contributed by atoms with Gasteiger partial charge in [-0.05, 0) is 55.8 Å². The number of anilines is 2. The van der Waals surface area contributed by atoms with Crippen LogP contribution in [0, 0.1) is 13.8 Å². The monoisotopic (exact) mass is 414 g/mol. The zero-order chi connectivity index (χ0) is 20.3. The summed E-state index contributed by atoms with van der Waals surface area (Å²) in [6.07, 6.45) is 0. The Balaban J connectivity index is 1.89. The van der Waals surface area contributed by atoms with E-state index in [1.165, 1.54) is 12.1 Å². The predicted octanol–water partition coefficient (Wildman–Crippen LogP) is 5.01. The highest BCUT2D eigenvalue weighted by molar-refractivity contribution is 7.92. The van der Waals surface area contributed by atoms with Crippen LogP contribution in [-0.4, -0.2) is 14.3 Å².